The highest BCUT2D eigenvalue weighted by atomic mass is 32.1. The molecule has 2 aliphatic rings. The van der Waals surface area contributed by atoms with Crippen molar-refractivity contribution in [2.75, 3.05) is 56.5 Å². The van der Waals surface area contributed by atoms with Gasteiger partial charge >= 0.3 is 0 Å². The van der Waals surface area contributed by atoms with Gasteiger partial charge in [-0.15, -0.1) is 11.3 Å². The number of nitrogens with zero attached hydrogens (tertiary/aromatic N) is 5. The van der Waals surface area contributed by atoms with Crippen LogP contribution in [0.1, 0.15) is 83.5 Å². The second kappa shape index (κ2) is 23.6. The number of hydrogen-bond acceptors (Lipinski definition) is 13. The van der Waals surface area contributed by atoms with Gasteiger partial charge < -0.3 is 44.5 Å². The van der Waals surface area contributed by atoms with Crippen LogP contribution in [0.4, 0.5) is 11.4 Å². The Morgan fingerprint density at radius 1 is 0.971 bits per heavy atom. The molecule has 368 valence electrons. The van der Waals surface area contributed by atoms with E-state index in [2.05, 4.69) is 21.7 Å². The summed E-state index contributed by atoms with van der Waals surface area (Å²) in [6.45, 7) is 13.0. The number of benzene rings is 3. The summed E-state index contributed by atoms with van der Waals surface area (Å²) in [7, 11) is 1.47. The van der Waals surface area contributed by atoms with Crippen LogP contribution < -0.4 is 29.9 Å². The molecule has 69 heavy (non-hydrogen) atoms. The van der Waals surface area contributed by atoms with E-state index in [0.29, 0.717) is 60.7 Å². The Labute approximate surface area is 413 Å². The maximum absolute atomic E-state index is 14.0. The first kappa shape index (κ1) is 52.4. The van der Waals surface area contributed by atoms with Crippen molar-refractivity contribution in [3.05, 3.63) is 89.1 Å². The lowest BCUT2D eigenvalue weighted by Gasteiger charge is -2.35. The molecule has 3 aromatic carbocycles. The number of unbranched alkanes of at least 4 members (excludes halogenated alkanes) is 2. The molecule has 18 heteroatoms. The number of rotatable bonds is 22. The van der Waals surface area contributed by atoms with Crippen molar-refractivity contribution in [2.24, 2.45) is 5.41 Å². The molecule has 4 amide bonds. The van der Waals surface area contributed by atoms with Crippen molar-refractivity contribution in [1.29, 1.82) is 5.26 Å². The van der Waals surface area contributed by atoms with Crippen molar-refractivity contribution in [3.8, 4) is 28.0 Å². The van der Waals surface area contributed by atoms with Gasteiger partial charge in [-0.3, -0.25) is 24.1 Å². The highest BCUT2D eigenvalue weighted by molar-refractivity contribution is 7.81. The topological polar surface area (TPSA) is 196 Å². The number of likely N-dealkylation sites (tertiary alicyclic amines) is 1. The van der Waals surface area contributed by atoms with E-state index in [4.69, 9.17) is 31.2 Å². The molecule has 3 atom stereocenters. The number of β-amino-alcohol motifs (C(OH)–C–C–N with tert-alkyl or cyclic N) is 1. The van der Waals surface area contributed by atoms with Gasteiger partial charge in [0.25, 0.3) is 5.91 Å². The van der Waals surface area contributed by atoms with Crippen LogP contribution in [0.3, 0.4) is 0 Å². The van der Waals surface area contributed by atoms with Crippen LogP contribution in [0, 0.1) is 23.7 Å². The molecular weight excluding hydrogens is 919 g/mol. The number of methoxy groups -OCH3 is 1. The number of carbonyl (C=O) groups excluding carboxylic acids is 4. The van der Waals surface area contributed by atoms with Gasteiger partial charge in [-0.05, 0) is 112 Å². The first-order valence-electron chi connectivity index (χ1n) is 23.1. The van der Waals surface area contributed by atoms with Gasteiger partial charge in [0.15, 0.2) is 5.11 Å². The molecule has 0 radical (unpaired) electrons. The van der Waals surface area contributed by atoms with Gasteiger partial charge in [0.05, 0.1) is 47.2 Å². The van der Waals surface area contributed by atoms with Gasteiger partial charge in [-0.2, -0.15) is 5.26 Å². The second-order valence-corrected chi connectivity index (χ2v) is 19.9. The standard InChI is InChI=1S/C51H63N7O9S2/c1-33-44(69-32-54-33)35-14-12-34(13-15-35)29-53-46(61)41-27-39(59)30-56(41)47(62)45(50(2,3)4)55-43(60)31-66-24-11-23-65-22-9-8-10-25-67-40-20-18-37(19-21-40)58-49(68)57(48(63)51(58,5)6)38-17-16-36(28-52)42(26-38)64-7/h12-21,26,32,39,41,45,59H,8-11,22-25,27,29-31H2,1-7H3,(H,53,61)(H,55,60)/t39-,41+,45-/m1/s1. The second-order valence-electron chi connectivity index (χ2n) is 18.7. The SMILES string of the molecule is COc1cc(N2C(=O)C(C)(C)N(c3ccc(OCCCCCOCCCOCC(=O)N[C@H](C(=O)N4C[C@H](O)C[C@H]4C(=O)NCc4ccc(-c5scnc5C)cc4)C(C)(C)C)cc3)C2=S)ccc1C#N. The Morgan fingerprint density at radius 3 is 2.32 bits per heavy atom. The van der Waals surface area contributed by atoms with Crippen LogP contribution in [0.15, 0.2) is 72.2 Å². The number of nitrogens with one attached hydrogen (secondary N) is 2. The third kappa shape index (κ3) is 13.0. The average Bonchev–Trinajstić information content (AvgIpc) is 3.99. The number of aryl methyl sites for hydroxylation is 1. The average molecular weight is 982 g/mol. The summed E-state index contributed by atoms with van der Waals surface area (Å²) in [5, 5.41) is 26.0. The van der Waals surface area contributed by atoms with Crippen LogP contribution in [0.2, 0.25) is 0 Å². The van der Waals surface area contributed by atoms with E-state index in [1.54, 1.807) is 29.5 Å². The Bertz CT molecular complexity index is 2480. The maximum atomic E-state index is 14.0. The zero-order valence-corrected chi connectivity index (χ0v) is 42.0. The van der Waals surface area contributed by atoms with Crippen molar-refractivity contribution in [1.82, 2.24) is 20.5 Å². The lowest BCUT2D eigenvalue weighted by molar-refractivity contribution is -0.144. The number of carbonyl (C=O) groups is 4. The third-order valence-electron chi connectivity index (χ3n) is 12.1. The van der Waals surface area contributed by atoms with Gasteiger partial charge in [0, 0.05) is 51.1 Å². The van der Waals surface area contributed by atoms with Gasteiger partial charge in [-0.1, -0.05) is 45.0 Å². The zero-order chi connectivity index (χ0) is 49.9. The van der Waals surface area contributed by atoms with Crippen LogP contribution >= 0.6 is 23.6 Å². The molecule has 4 aromatic rings. The van der Waals surface area contributed by atoms with Gasteiger partial charge in [0.1, 0.15) is 41.8 Å². The fourth-order valence-corrected chi connectivity index (χ4v) is 9.58. The van der Waals surface area contributed by atoms with Gasteiger partial charge in [0.2, 0.25) is 17.7 Å². The molecular formula is C51H63N7O9S2. The van der Waals surface area contributed by atoms with Crippen LogP contribution in [-0.4, -0.2) is 114 Å². The normalized spacial score (nSPS) is 17.2. The van der Waals surface area contributed by atoms with Crippen LogP contribution in [-0.2, 0) is 35.2 Å². The Hall–Kier alpha value is -5.97. The summed E-state index contributed by atoms with van der Waals surface area (Å²) in [4.78, 5) is 64.0. The monoisotopic (exact) mass is 981 g/mol. The smallest absolute Gasteiger partial charge is 0.259 e. The number of ether oxygens (including phenoxy) is 4. The molecule has 2 aliphatic heterocycles. The van der Waals surface area contributed by atoms with E-state index in [9.17, 15) is 29.5 Å². The highest BCUT2D eigenvalue weighted by Gasteiger charge is 2.50. The molecule has 1 aromatic heterocycles. The maximum Gasteiger partial charge on any atom is 0.259 e. The van der Waals surface area contributed by atoms with Crippen LogP contribution in [0.25, 0.3) is 10.4 Å². The lowest BCUT2D eigenvalue weighted by Crippen LogP contribution is -2.58. The first-order valence-corrected chi connectivity index (χ1v) is 24.4. The number of amides is 4. The van der Waals surface area contributed by atoms with E-state index in [-0.39, 0.29) is 37.9 Å². The molecule has 0 spiro atoms. The number of anilines is 2. The molecule has 0 bridgehead atoms. The minimum Gasteiger partial charge on any atom is -0.495 e. The molecule has 6 rings (SSSR count). The number of aromatic nitrogens is 1. The Kier molecular flexibility index (Phi) is 17.9. The predicted octanol–water partition coefficient (Wildman–Crippen LogP) is 6.70. The summed E-state index contributed by atoms with van der Waals surface area (Å²) in [5.41, 5.74) is 4.70. The largest absolute Gasteiger partial charge is 0.495 e. The van der Waals surface area contributed by atoms with E-state index >= 15 is 0 Å². The lowest BCUT2D eigenvalue weighted by atomic mass is 9.85. The van der Waals surface area contributed by atoms with Crippen LogP contribution in [0.5, 0.6) is 11.5 Å². The molecule has 2 fully saturated rings. The van der Waals surface area contributed by atoms with Gasteiger partial charge in [-0.25, -0.2) is 4.98 Å². The Morgan fingerprint density at radius 2 is 1.65 bits per heavy atom. The number of aliphatic hydroxyl groups excluding tert-OH is 1. The zero-order valence-electron chi connectivity index (χ0n) is 40.4. The molecule has 2 saturated heterocycles. The van der Waals surface area contributed by atoms with Crippen molar-refractivity contribution in [3.63, 3.8) is 0 Å². The number of thiazole rings is 1. The number of thiocarbonyl (C=S) groups is 1. The van der Waals surface area contributed by atoms with E-state index in [0.717, 1.165) is 46.6 Å². The molecule has 3 heterocycles. The fourth-order valence-electron chi connectivity index (χ4n) is 8.24. The minimum absolute atomic E-state index is 0.0117. The van der Waals surface area contributed by atoms with E-state index in [1.807, 2.05) is 100 Å². The summed E-state index contributed by atoms with van der Waals surface area (Å²) in [6.07, 6.45) is 2.40. The molecule has 0 unspecified atom stereocenters. The number of aliphatic hydroxyl groups is 1. The molecule has 16 nitrogen and oxygen atoms in total. The van der Waals surface area contributed by atoms with E-state index < -0.39 is 41.0 Å². The molecule has 0 aliphatic carbocycles. The third-order valence-corrected chi connectivity index (χ3v) is 13.4. The number of nitriles is 1. The quantitative estimate of drug-likeness (QED) is 0.0557. The Balaban J connectivity index is 0.843. The number of hydrogen-bond donors (Lipinski definition) is 3. The summed E-state index contributed by atoms with van der Waals surface area (Å²) >= 11 is 7.38. The predicted molar refractivity (Wildman–Crippen MR) is 268 cm³/mol. The van der Waals surface area contributed by atoms with Crippen molar-refractivity contribution < 1.29 is 43.2 Å². The van der Waals surface area contributed by atoms with E-state index in [1.165, 1.54) is 16.9 Å². The first-order chi connectivity index (χ1) is 32.9. The summed E-state index contributed by atoms with van der Waals surface area (Å²) in [5.74, 6) is -0.396. The minimum atomic E-state index is -0.959. The fraction of sp³-hybridized carbons (Fsp3) is 0.471. The molecule has 3 N–H and O–H groups in total. The molecule has 0 saturated carbocycles. The summed E-state index contributed by atoms with van der Waals surface area (Å²) in [6, 6.07) is 20.5. The highest BCUT2D eigenvalue weighted by Crippen LogP contribution is 2.38. The van der Waals surface area contributed by atoms with Crippen molar-refractivity contribution >= 4 is 63.7 Å². The van der Waals surface area contributed by atoms with Crippen molar-refractivity contribution in [2.45, 2.75) is 104 Å². The summed E-state index contributed by atoms with van der Waals surface area (Å²) < 4.78 is 22.7.